The summed E-state index contributed by atoms with van der Waals surface area (Å²) in [6.45, 7) is 0.577. The first-order valence-electron chi connectivity index (χ1n) is 7.72. The molecule has 0 spiro atoms. The third kappa shape index (κ3) is 3.47. The molecule has 0 unspecified atom stereocenters. The van der Waals surface area contributed by atoms with E-state index in [-0.39, 0.29) is 5.69 Å². The fraction of sp³-hybridized carbons (Fsp3) is 0.0588. The number of fused-ring (bicyclic) bond motifs is 1. The second-order valence-electron chi connectivity index (χ2n) is 5.40. The van der Waals surface area contributed by atoms with E-state index in [4.69, 9.17) is 0 Å². The van der Waals surface area contributed by atoms with Crippen LogP contribution in [-0.2, 0) is 6.54 Å². The van der Waals surface area contributed by atoms with E-state index < -0.39 is 0 Å². The standard InChI is InChI=1S/C17H15N7O/c25-17-22-13-5-4-11(9-14(13)23-17)21-16-19-8-6-15(24-16)20-10-12-3-1-2-7-18-12/h1-9H,10H2,(H2,22,23,25)(H2,19,20,21,24). The molecule has 0 aliphatic rings. The predicted molar refractivity (Wildman–Crippen MR) is 95.8 cm³/mol. The molecule has 0 aliphatic heterocycles. The van der Waals surface area contributed by atoms with E-state index in [0.717, 1.165) is 22.4 Å². The van der Waals surface area contributed by atoms with Gasteiger partial charge in [-0.25, -0.2) is 9.78 Å². The molecule has 0 amide bonds. The van der Waals surface area contributed by atoms with Crippen molar-refractivity contribution in [3.63, 3.8) is 0 Å². The Morgan fingerprint density at radius 2 is 1.88 bits per heavy atom. The van der Waals surface area contributed by atoms with E-state index >= 15 is 0 Å². The lowest BCUT2D eigenvalue weighted by Gasteiger charge is -2.08. The van der Waals surface area contributed by atoms with Gasteiger partial charge in [-0.1, -0.05) is 6.07 Å². The molecule has 4 rings (SSSR count). The fourth-order valence-corrected chi connectivity index (χ4v) is 2.44. The van der Waals surface area contributed by atoms with Gasteiger partial charge in [0, 0.05) is 18.1 Å². The molecule has 0 fully saturated rings. The van der Waals surface area contributed by atoms with E-state index in [9.17, 15) is 4.79 Å². The van der Waals surface area contributed by atoms with E-state index in [0.29, 0.717) is 18.3 Å². The van der Waals surface area contributed by atoms with Crippen LogP contribution < -0.4 is 16.3 Å². The highest BCUT2D eigenvalue weighted by atomic mass is 16.1. The molecule has 0 atom stereocenters. The fourth-order valence-electron chi connectivity index (χ4n) is 2.44. The Bertz CT molecular complexity index is 1060. The van der Waals surface area contributed by atoms with E-state index in [1.807, 2.05) is 36.4 Å². The Hall–Kier alpha value is -3.68. The Labute approximate surface area is 142 Å². The highest BCUT2D eigenvalue weighted by molar-refractivity contribution is 5.79. The maximum atomic E-state index is 11.3. The number of imidazole rings is 1. The molecule has 8 nitrogen and oxygen atoms in total. The van der Waals surface area contributed by atoms with Crippen LogP contribution >= 0.6 is 0 Å². The van der Waals surface area contributed by atoms with Crippen molar-refractivity contribution >= 4 is 28.5 Å². The van der Waals surface area contributed by atoms with Crippen molar-refractivity contribution in [3.05, 3.63) is 71.0 Å². The van der Waals surface area contributed by atoms with Crippen molar-refractivity contribution < 1.29 is 0 Å². The molecule has 0 saturated carbocycles. The molecular formula is C17H15N7O. The van der Waals surface area contributed by atoms with Gasteiger partial charge in [-0.3, -0.25) is 4.98 Å². The number of H-pyrrole nitrogens is 2. The third-order valence-electron chi connectivity index (χ3n) is 3.60. The molecule has 4 aromatic rings. The van der Waals surface area contributed by atoms with Crippen molar-refractivity contribution in [2.24, 2.45) is 0 Å². The molecule has 0 radical (unpaired) electrons. The topological polar surface area (TPSA) is 111 Å². The first-order valence-corrected chi connectivity index (χ1v) is 7.72. The zero-order chi connectivity index (χ0) is 17.1. The van der Waals surface area contributed by atoms with Crippen LogP contribution in [0.1, 0.15) is 5.69 Å². The van der Waals surface area contributed by atoms with E-state index in [2.05, 4.69) is 35.6 Å². The average Bonchev–Trinajstić information content (AvgIpc) is 3.00. The lowest BCUT2D eigenvalue weighted by molar-refractivity contribution is 1.02. The summed E-state index contributed by atoms with van der Waals surface area (Å²) in [5.74, 6) is 1.16. The Balaban J connectivity index is 1.49. The van der Waals surface area contributed by atoms with Crippen molar-refractivity contribution in [1.82, 2.24) is 24.9 Å². The molecule has 4 N–H and O–H groups in total. The summed E-state index contributed by atoms with van der Waals surface area (Å²) >= 11 is 0. The molecule has 0 bridgehead atoms. The molecule has 3 heterocycles. The monoisotopic (exact) mass is 333 g/mol. The highest BCUT2D eigenvalue weighted by Gasteiger charge is 2.03. The number of hydrogen-bond acceptors (Lipinski definition) is 6. The van der Waals surface area contributed by atoms with Crippen LogP contribution in [0.15, 0.2) is 59.7 Å². The largest absolute Gasteiger partial charge is 0.364 e. The maximum Gasteiger partial charge on any atom is 0.323 e. The third-order valence-corrected chi connectivity index (χ3v) is 3.60. The molecule has 8 heteroatoms. The van der Waals surface area contributed by atoms with Gasteiger partial charge >= 0.3 is 5.69 Å². The highest BCUT2D eigenvalue weighted by Crippen LogP contribution is 2.18. The van der Waals surface area contributed by atoms with Crippen molar-refractivity contribution in [2.45, 2.75) is 6.54 Å². The molecule has 0 aliphatic carbocycles. The molecule has 3 aromatic heterocycles. The van der Waals surface area contributed by atoms with E-state index in [1.165, 1.54) is 0 Å². The number of nitrogens with zero attached hydrogens (tertiary/aromatic N) is 3. The van der Waals surface area contributed by atoms with Crippen molar-refractivity contribution in [2.75, 3.05) is 10.6 Å². The second-order valence-corrected chi connectivity index (χ2v) is 5.40. The second kappa shape index (κ2) is 6.44. The number of rotatable bonds is 5. The summed E-state index contributed by atoms with van der Waals surface area (Å²) in [6, 6.07) is 13.1. The summed E-state index contributed by atoms with van der Waals surface area (Å²) in [7, 11) is 0. The SMILES string of the molecule is O=c1[nH]c2ccc(Nc3nccc(NCc4ccccn4)n3)cc2[nH]1. The zero-order valence-electron chi connectivity index (χ0n) is 13.2. The number of aromatic amines is 2. The quantitative estimate of drug-likeness (QED) is 0.446. The molecule has 124 valence electrons. The van der Waals surface area contributed by atoms with Gasteiger partial charge in [0.2, 0.25) is 5.95 Å². The van der Waals surface area contributed by atoms with Gasteiger partial charge in [0.1, 0.15) is 5.82 Å². The van der Waals surface area contributed by atoms with Crippen LogP contribution in [-0.4, -0.2) is 24.9 Å². The van der Waals surface area contributed by atoms with Gasteiger partial charge in [0.05, 0.1) is 23.3 Å². The van der Waals surface area contributed by atoms with Crippen LogP contribution in [0.3, 0.4) is 0 Å². The van der Waals surface area contributed by atoms with Crippen LogP contribution in [0.2, 0.25) is 0 Å². The summed E-state index contributed by atoms with van der Waals surface area (Å²) < 4.78 is 0. The van der Waals surface area contributed by atoms with Gasteiger partial charge < -0.3 is 20.6 Å². The maximum absolute atomic E-state index is 11.3. The Morgan fingerprint density at radius 3 is 2.76 bits per heavy atom. The number of pyridine rings is 1. The van der Waals surface area contributed by atoms with Crippen LogP contribution in [0.25, 0.3) is 11.0 Å². The summed E-state index contributed by atoms with van der Waals surface area (Å²) in [5, 5.41) is 6.34. The van der Waals surface area contributed by atoms with E-state index in [1.54, 1.807) is 18.5 Å². The molecule has 1 aromatic carbocycles. The molecular weight excluding hydrogens is 318 g/mol. The summed E-state index contributed by atoms with van der Waals surface area (Å²) in [6.07, 6.45) is 3.43. The smallest absolute Gasteiger partial charge is 0.323 e. The lowest BCUT2D eigenvalue weighted by atomic mass is 10.3. The minimum atomic E-state index is -0.232. The minimum absolute atomic E-state index is 0.232. The number of nitrogens with one attached hydrogen (secondary N) is 4. The number of anilines is 3. The molecule has 0 saturated heterocycles. The molecule has 25 heavy (non-hydrogen) atoms. The van der Waals surface area contributed by atoms with Crippen molar-refractivity contribution in [3.8, 4) is 0 Å². The zero-order valence-corrected chi connectivity index (χ0v) is 13.2. The van der Waals surface area contributed by atoms with Gasteiger partial charge in [-0.2, -0.15) is 4.98 Å². The van der Waals surface area contributed by atoms with Crippen LogP contribution in [0.4, 0.5) is 17.5 Å². The lowest BCUT2D eigenvalue weighted by Crippen LogP contribution is -2.05. The van der Waals surface area contributed by atoms with Crippen LogP contribution in [0.5, 0.6) is 0 Å². The normalized spacial score (nSPS) is 10.7. The minimum Gasteiger partial charge on any atom is -0.364 e. The Morgan fingerprint density at radius 1 is 0.960 bits per heavy atom. The van der Waals surface area contributed by atoms with Gasteiger partial charge in [0.15, 0.2) is 0 Å². The first-order chi connectivity index (χ1) is 12.3. The van der Waals surface area contributed by atoms with Gasteiger partial charge in [-0.15, -0.1) is 0 Å². The number of benzene rings is 1. The first kappa shape index (κ1) is 14.9. The number of hydrogen-bond donors (Lipinski definition) is 4. The van der Waals surface area contributed by atoms with Crippen molar-refractivity contribution in [1.29, 1.82) is 0 Å². The van der Waals surface area contributed by atoms with Crippen LogP contribution in [0, 0.1) is 0 Å². The summed E-state index contributed by atoms with van der Waals surface area (Å²) in [4.78, 5) is 29.7. The Kier molecular flexibility index (Phi) is 3.83. The average molecular weight is 333 g/mol. The number of aromatic nitrogens is 5. The predicted octanol–water partition coefficient (Wildman–Crippen LogP) is 2.40. The summed E-state index contributed by atoms with van der Waals surface area (Å²) in [5.41, 5.74) is 2.95. The van der Waals surface area contributed by atoms with Gasteiger partial charge in [0.25, 0.3) is 0 Å². The van der Waals surface area contributed by atoms with Gasteiger partial charge in [-0.05, 0) is 36.4 Å².